The number of benzene rings is 1. The Bertz CT molecular complexity index is 1190. The molecule has 0 saturated carbocycles. The zero-order valence-corrected chi connectivity index (χ0v) is 17.9. The molecule has 0 unspecified atom stereocenters. The van der Waals surface area contributed by atoms with Crippen LogP contribution in [0.5, 0.6) is 5.75 Å². The molecule has 0 spiro atoms. The number of carbonyl (C=O) groups excluding carboxylic acids is 1. The van der Waals surface area contributed by atoms with Crippen LogP contribution < -0.4 is 4.74 Å². The lowest BCUT2D eigenvalue weighted by Crippen LogP contribution is -2.12. The number of hydrogen-bond donors (Lipinski definition) is 0. The van der Waals surface area contributed by atoms with E-state index in [0.29, 0.717) is 39.5 Å². The first kappa shape index (κ1) is 20.7. The van der Waals surface area contributed by atoms with Crippen LogP contribution in [0.1, 0.15) is 21.7 Å². The fourth-order valence-electron chi connectivity index (χ4n) is 2.90. The van der Waals surface area contributed by atoms with Crippen molar-refractivity contribution in [1.82, 2.24) is 15.0 Å². The molecule has 0 aliphatic carbocycles. The van der Waals surface area contributed by atoms with Crippen molar-refractivity contribution < 1.29 is 23.1 Å². The third-order valence-electron chi connectivity index (χ3n) is 4.44. The SMILES string of the molecule is COc1ccc(-c2nc(COC(=O)c3c(C)nc(-c4ccco4)nc3SC)co2)cc1. The number of aromatic nitrogens is 3. The van der Waals surface area contributed by atoms with Crippen LogP contribution in [0.4, 0.5) is 0 Å². The van der Waals surface area contributed by atoms with Crippen molar-refractivity contribution in [3.63, 3.8) is 0 Å². The Kier molecular flexibility index (Phi) is 6.03. The molecule has 0 aliphatic rings. The van der Waals surface area contributed by atoms with E-state index in [1.54, 1.807) is 32.4 Å². The molecule has 3 aromatic heterocycles. The van der Waals surface area contributed by atoms with Crippen molar-refractivity contribution >= 4 is 17.7 Å². The third kappa shape index (κ3) is 4.46. The highest BCUT2D eigenvalue weighted by Crippen LogP contribution is 2.26. The van der Waals surface area contributed by atoms with Gasteiger partial charge in [0, 0.05) is 5.56 Å². The Morgan fingerprint density at radius 3 is 2.58 bits per heavy atom. The molecule has 0 N–H and O–H groups in total. The standard InChI is InChI=1S/C22H19N3O5S/c1-13-18(21(31-3)25-19(23-13)17-5-4-10-28-17)22(26)30-12-15-11-29-20(24-15)14-6-8-16(27-2)9-7-14/h4-11H,12H2,1-3H3. The summed E-state index contributed by atoms with van der Waals surface area (Å²) in [4.78, 5) is 26.0. The van der Waals surface area contributed by atoms with Gasteiger partial charge in [-0.15, -0.1) is 11.8 Å². The van der Waals surface area contributed by atoms with Gasteiger partial charge >= 0.3 is 5.97 Å². The summed E-state index contributed by atoms with van der Waals surface area (Å²) in [5, 5.41) is 0.517. The molecule has 4 aromatic rings. The summed E-state index contributed by atoms with van der Waals surface area (Å²) in [5.74, 6) is 1.60. The van der Waals surface area contributed by atoms with E-state index in [2.05, 4.69) is 15.0 Å². The minimum absolute atomic E-state index is 0.0360. The number of ether oxygens (including phenoxy) is 2. The lowest BCUT2D eigenvalue weighted by atomic mass is 10.2. The number of nitrogens with zero attached hydrogens (tertiary/aromatic N) is 3. The molecule has 0 amide bonds. The van der Waals surface area contributed by atoms with Gasteiger partial charge in [-0.3, -0.25) is 0 Å². The Morgan fingerprint density at radius 1 is 1.10 bits per heavy atom. The topological polar surface area (TPSA) is 100 Å². The van der Waals surface area contributed by atoms with Crippen molar-refractivity contribution in [2.24, 2.45) is 0 Å². The van der Waals surface area contributed by atoms with E-state index >= 15 is 0 Å². The minimum atomic E-state index is -0.526. The van der Waals surface area contributed by atoms with Gasteiger partial charge in [-0.1, -0.05) is 0 Å². The first-order valence-electron chi connectivity index (χ1n) is 9.31. The average molecular weight is 437 g/mol. The number of esters is 1. The minimum Gasteiger partial charge on any atom is -0.497 e. The van der Waals surface area contributed by atoms with E-state index < -0.39 is 5.97 Å². The number of aryl methyl sites for hydroxylation is 1. The fraction of sp³-hybridized carbons (Fsp3) is 0.182. The van der Waals surface area contributed by atoms with Gasteiger partial charge in [-0.05, 0) is 49.6 Å². The maximum atomic E-state index is 12.8. The predicted octanol–water partition coefficient (Wildman–Crippen LogP) is 4.79. The van der Waals surface area contributed by atoms with Crippen LogP contribution >= 0.6 is 11.8 Å². The number of carbonyl (C=O) groups is 1. The van der Waals surface area contributed by atoms with Crippen LogP contribution in [0, 0.1) is 6.92 Å². The lowest BCUT2D eigenvalue weighted by molar-refractivity contribution is 0.0461. The highest BCUT2D eigenvalue weighted by Gasteiger charge is 2.21. The zero-order chi connectivity index (χ0) is 21.8. The molecule has 9 heteroatoms. The van der Waals surface area contributed by atoms with Crippen LogP contribution in [0.3, 0.4) is 0 Å². The van der Waals surface area contributed by atoms with Crippen LogP contribution in [-0.4, -0.2) is 34.3 Å². The highest BCUT2D eigenvalue weighted by molar-refractivity contribution is 7.98. The van der Waals surface area contributed by atoms with E-state index in [9.17, 15) is 4.79 Å². The summed E-state index contributed by atoms with van der Waals surface area (Å²) in [5.41, 5.74) is 2.12. The third-order valence-corrected chi connectivity index (χ3v) is 5.12. The van der Waals surface area contributed by atoms with Gasteiger partial charge in [0.1, 0.15) is 34.9 Å². The van der Waals surface area contributed by atoms with E-state index in [1.165, 1.54) is 18.0 Å². The number of rotatable bonds is 7. The first-order valence-corrected chi connectivity index (χ1v) is 10.5. The maximum Gasteiger partial charge on any atom is 0.343 e. The Morgan fingerprint density at radius 2 is 1.90 bits per heavy atom. The summed E-state index contributed by atoms with van der Waals surface area (Å²) in [7, 11) is 1.60. The van der Waals surface area contributed by atoms with Crippen LogP contribution in [0.2, 0.25) is 0 Å². The molecular weight excluding hydrogens is 418 g/mol. The number of methoxy groups -OCH3 is 1. The smallest absolute Gasteiger partial charge is 0.343 e. The summed E-state index contributed by atoms with van der Waals surface area (Å²) in [6.45, 7) is 1.70. The second kappa shape index (κ2) is 9.05. The highest BCUT2D eigenvalue weighted by atomic mass is 32.2. The molecule has 0 bridgehead atoms. The molecule has 31 heavy (non-hydrogen) atoms. The lowest BCUT2D eigenvalue weighted by Gasteiger charge is -2.10. The summed E-state index contributed by atoms with van der Waals surface area (Å²) in [6, 6.07) is 10.8. The zero-order valence-electron chi connectivity index (χ0n) is 17.1. The number of thioether (sulfide) groups is 1. The van der Waals surface area contributed by atoms with Crippen molar-refractivity contribution in [3.05, 3.63) is 65.9 Å². The molecule has 158 valence electrons. The second-order valence-electron chi connectivity index (χ2n) is 6.44. The molecule has 4 rings (SSSR count). The quantitative estimate of drug-likeness (QED) is 0.229. The molecular formula is C22H19N3O5S. The molecule has 0 radical (unpaired) electrons. The Balaban J connectivity index is 1.48. The van der Waals surface area contributed by atoms with E-state index in [-0.39, 0.29) is 6.61 Å². The molecule has 1 aromatic carbocycles. The maximum absolute atomic E-state index is 12.8. The largest absolute Gasteiger partial charge is 0.497 e. The van der Waals surface area contributed by atoms with Gasteiger partial charge in [0.25, 0.3) is 0 Å². The van der Waals surface area contributed by atoms with Gasteiger partial charge in [0.15, 0.2) is 11.6 Å². The number of furan rings is 1. The number of oxazole rings is 1. The van der Waals surface area contributed by atoms with Crippen molar-refractivity contribution in [3.8, 4) is 28.8 Å². The van der Waals surface area contributed by atoms with Crippen LogP contribution in [0.25, 0.3) is 23.0 Å². The van der Waals surface area contributed by atoms with Crippen molar-refractivity contribution in [2.45, 2.75) is 18.6 Å². The molecule has 0 aliphatic heterocycles. The van der Waals surface area contributed by atoms with Crippen molar-refractivity contribution in [2.75, 3.05) is 13.4 Å². The number of hydrogen-bond acceptors (Lipinski definition) is 9. The molecule has 0 atom stereocenters. The normalized spacial score (nSPS) is 10.8. The molecule has 0 fully saturated rings. The van der Waals surface area contributed by atoms with Crippen LogP contribution in [0.15, 0.2) is 62.8 Å². The van der Waals surface area contributed by atoms with Gasteiger partial charge in [-0.2, -0.15) is 0 Å². The van der Waals surface area contributed by atoms with Gasteiger partial charge in [0.05, 0.1) is 19.1 Å². The predicted molar refractivity (Wildman–Crippen MR) is 114 cm³/mol. The molecule has 0 saturated heterocycles. The average Bonchev–Trinajstić information content (AvgIpc) is 3.49. The fourth-order valence-corrected chi connectivity index (χ4v) is 3.51. The summed E-state index contributed by atoms with van der Waals surface area (Å²) < 4.78 is 21.5. The van der Waals surface area contributed by atoms with Gasteiger partial charge < -0.3 is 18.3 Å². The van der Waals surface area contributed by atoms with Gasteiger partial charge in [-0.25, -0.2) is 19.7 Å². The summed E-state index contributed by atoms with van der Waals surface area (Å²) in [6.07, 6.45) is 4.85. The molecule has 8 nitrogen and oxygen atoms in total. The molecule has 3 heterocycles. The monoisotopic (exact) mass is 437 g/mol. The summed E-state index contributed by atoms with van der Waals surface area (Å²) >= 11 is 1.34. The second-order valence-corrected chi connectivity index (χ2v) is 7.24. The van der Waals surface area contributed by atoms with Crippen LogP contribution in [-0.2, 0) is 11.3 Å². The van der Waals surface area contributed by atoms with Crippen molar-refractivity contribution in [1.29, 1.82) is 0 Å². The van der Waals surface area contributed by atoms with E-state index in [0.717, 1.165) is 11.3 Å². The first-order chi connectivity index (χ1) is 15.1. The Hall–Kier alpha value is -3.59. The van der Waals surface area contributed by atoms with E-state index in [4.69, 9.17) is 18.3 Å². The van der Waals surface area contributed by atoms with Gasteiger partial charge in [0.2, 0.25) is 5.89 Å². The van der Waals surface area contributed by atoms with E-state index in [1.807, 2.05) is 30.5 Å². The Labute approximate surface area is 182 Å².